The first-order valence-electron chi connectivity index (χ1n) is 9.64. The Bertz CT molecular complexity index is 1240. The molecule has 0 atom stereocenters. The minimum absolute atomic E-state index is 0.0275. The van der Waals surface area contributed by atoms with Gasteiger partial charge < -0.3 is 10.2 Å². The lowest BCUT2D eigenvalue weighted by atomic mass is 10.0. The van der Waals surface area contributed by atoms with Gasteiger partial charge in [-0.3, -0.25) is 9.59 Å². The molecular formula is C24H18ClF2N3O2. The quantitative estimate of drug-likeness (QED) is 0.547. The van der Waals surface area contributed by atoms with Crippen molar-refractivity contribution in [3.05, 3.63) is 94.6 Å². The smallest absolute Gasteiger partial charge is 0.282 e. The average Bonchev–Trinajstić information content (AvgIpc) is 3.01. The van der Waals surface area contributed by atoms with Crippen molar-refractivity contribution in [2.24, 2.45) is 0 Å². The highest BCUT2D eigenvalue weighted by atomic mass is 35.5. The van der Waals surface area contributed by atoms with Gasteiger partial charge >= 0.3 is 0 Å². The van der Waals surface area contributed by atoms with Crippen LogP contribution in [-0.4, -0.2) is 25.9 Å². The molecule has 4 rings (SSSR count). The number of halogens is 3. The van der Waals surface area contributed by atoms with Gasteiger partial charge in [0.15, 0.2) is 0 Å². The van der Waals surface area contributed by atoms with E-state index in [1.807, 2.05) is 31.1 Å². The number of hydrogen-bond acceptors (Lipinski definition) is 4. The number of nitrogens with zero attached hydrogens (tertiary/aromatic N) is 2. The third kappa shape index (κ3) is 3.94. The maximum absolute atomic E-state index is 13.6. The van der Waals surface area contributed by atoms with Gasteiger partial charge in [0.1, 0.15) is 17.3 Å². The predicted octanol–water partition coefficient (Wildman–Crippen LogP) is 5.08. The Labute approximate surface area is 188 Å². The van der Waals surface area contributed by atoms with Crippen LogP contribution in [0.3, 0.4) is 0 Å². The molecule has 3 aromatic rings. The Balaban J connectivity index is 1.78. The molecule has 0 bridgehead atoms. The predicted molar refractivity (Wildman–Crippen MR) is 122 cm³/mol. The SMILES string of the molecule is CN(C)c1ccc(NC2=C(c3ccc(F)cc3)C(=O)N(c3ccc(F)c(Cl)c3)C2=O)cc1. The number of carbonyl (C=O) groups is 2. The van der Waals surface area contributed by atoms with E-state index in [1.165, 1.54) is 36.4 Å². The Morgan fingerprint density at radius 2 is 1.53 bits per heavy atom. The molecule has 0 radical (unpaired) electrons. The molecule has 3 aromatic carbocycles. The first-order valence-corrected chi connectivity index (χ1v) is 10.0. The van der Waals surface area contributed by atoms with E-state index in [2.05, 4.69) is 5.32 Å². The average molecular weight is 454 g/mol. The summed E-state index contributed by atoms with van der Waals surface area (Å²) in [5, 5.41) is 2.81. The summed E-state index contributed by atoms with van der Waals surface area (Å²) in [5.74, 6) is -2.40. The van der Waals surface area contributed by atoms with Crippen LogP contribution < -0.4 is 15.1 Å². The first kappa shape index (κ1) is 21.5. The summed E-state index contributed by atoms with van der Waals surface area (Å²) in [5.41, 5.74) is 2.15. The van der Waals surface area contributed by atoms with Crippen LogP contribution in [0.1, 0.15) is 5.56 Å². The molecule has 0 unspecified atom stereocenters. The molecule has 0 aromatic heterocycles. The normalized spacial score (nSPS) is 13.7. The van der Waals surface area contributed by atoms with E-state index >= 15 is 0 Å². The minimum atomic E-state index is -0.666. The van der Waals surface area contributed by atoms with E-state index in [0.29, 0.717) is 11.3 Å². The largest absolute Gasteiger partial charge is 0.378 e. The molecule has 32 heavy (non-hydrogen) atoms. The number of hydrogen-bond donors (Lipinski definition) is 1. The fraction of sp³-hybridized carbons (Fsp3) is 0.0833. The van der Waals surface area contributed by atoms with E-state index in [-0.39, 0.29) is 22.0 Å². The first-order chi connectivity index (χ1) is 15.3. The van der Waals surface area contributed by atoms with Crippen molar-refractivity contribution in [3.63, 3.8) is 0 Å². The number of amides is 2. The topological polar surface area (TPSA) is 52.7 Å². The van der Waals surface area contributed by atoms with Crippen molar-refractivity contribution in [1.29, 1.82) is 0 Å². The fourth-order valence-corrected chi connectivity index (χ4v) is 3.55. The monoisotopic (exact) mass is 453 g/mol. The molecule has 2 amide bonds. The molecule has 8 heteroatoms. The van der Waals surface area contributed by atoms with Gasteiger partial charge in [-0.2, -0.15) is 0 Å². The van der Waals surface area contributed by atoms with Crippen molar-refractivity contribution < 1.29 is 18.4 Å². The van der Waals surface area contributed by atoms with Crippen molar-refractivity contribution in [2.45, 2.75) is 0 Å². The number of carbonyl (C=O) groups excluding carboxylic acids is 2. The van der Waals surface area contributed by atoms with Crippen LogP contribution in [0.2, 0.25) is 5.02 Å². The number of imide groups is 1. The summed E-state index contributed by atoms with van der Waals surface area (Å²) in [4.78, 5) is 29.5. The number of rotatable bonds is 5. The van der Waals surface area contributed by atoms with Crippen LogP contribution in [0.25, 0.3) is 5.57 Å². The van der Waals surface area contributed by atoms with Crippen LogP contribution in [0.4, 0.5) is 25.8 Å². The number of benzene rings is 3. The summed E-state index contributed by atoms with van der Waals surface area (Å²) < 4.78 is 27.1. The van der Waals surface area contributed by atoms with Crippen molar-refractivity contribution in [2.75, 3.05) is 29.2 Å². The number of anilines is 3. The van der Waals surface area contributed by atoms with Crippen molar-refractivity contribution in [1.82, 2.24) is 0 Å². The third-order valence-electron chi connectivity index (χ3n) is 5.03. The van der Waals surface area contributed by atoms with Crippen LogP contribution >= 0.6 is 11.6 Å². The zero-order chi connectivity index (χ0) is 23.0. The molecule has 0 saturated carbocycles. The maximum atomic E-state index is 13.6. The van der Waals surface area contributed by atoms with Gasteiger partial charge in [0, 0.05) is 25.5 Å². The van der Waals surface area contributed by atoms with E-state index in [4.69, 9.17) is 11.6 Å². The molecule has 0 aliphatic carbocycles. The number of nitrogens with one attached hydrogen (secondary N) is 1. The van der Waals surface area contributed by atoms with Gasteiger partial charge in [-0.15, -0.1) is 0 Å². The molecule has 162 valence electrons. The molecule has 5 nitrogen and oxygen atoms in total. The second kappa shape index (κ2) is 8.43. The van der Waals surface area contributed by atoms with Gasteiger partial charge in [0.05, 0.1) is 16.3 Å². The van der Waals surface area contributed by atoms with Crippen LogP contribution in [0, 0.1) is 11.6 Å². The molecule has 1 aliphatic heterocycles. The molecular weight excluding hydrogens is 436 g/mol. The van der Waals surface area contributed by atoms with E-state index < -0.39 is 23.4 Å². The third-order valence-corrected chi connectivity index (χ3v) is 5.32. The zero-order valence-corrected chi connectivity index (χ0v) is 18.0. The highest BCUT2D eigenvalue weighted by Gasteiger charge is 2.40. The Kier molecular flexibility index (Phi) is 5.67. The highest BCUT2D eigenvalue weighted by molar-refractivity contribution is 6.46. The van der Waals surface area contributed by atoms with Crippen molar-refractivity contribution >= 4 is 46.1 Å². The van der Waals surface area contributed by atoms with Crippen LogP contribution in [0.15, 0.2) is 72.4 Å². The second-order valence-electron chi connectivity index (χ2n) is 7.37. The standard InChI is InChI=1S/C24H18ClF2N3O2/c1-29(2)17-9-7-16(8-10-17)28-22-21(14-3-5-15(26)6-4-14)23(31)30(24(22)32)18-11-12-20(27)19(25)13-18/h3-13,28H,1-2H3. The van der Waals surface area contributed by atoms with Gasteiger partial charge in [-0.05, 0) is 60.2 Å². The molecule has 1 N–H and O–H groups in total. The van der Waals surface area contributed by atoms with Crippen LogP contribution in [-0.2, 0) is 9.59 Å². The highest BCUT2D eigenvalue weighted by Crippen LogP contribution is 2.35. The molecule has 0 saturated heterocycles. The Hall–Kier alpha value is -3.71. The molecule has 1 heterocycles. The minimum Gasteiger partial charge on any atom is -0.378 e. The van der Waals surface area contributed by atoms with Crippen molar-refractivity contribution in [3.8, 4) is 0 Å². The summed E-state index contributed by atoms with van der Waals surface area (Å²) in [6.45, 7) is 0. The lowest BCUT2D eigenvalue weighted by molar-refractivity contribution is -0.120. The maximum Gasteiger partial charge on any atom is 0.282 e. The lowest BCUT2D eigenvalue weighted by Gasteiger charge is -2.16. The van der Waals surface area contributed by atoms with Gasteiger partial charge in [-0.25, -0.2) is 13.7 Å². The zero-order valence-electron chi connectivity index (χ0n) is 17.2. The second-order valence-corrected chi connectivity index (χ2v) is 7.77. The Morgan fingerprint density at radius 3 is 2.12 bits per heavy atom. The van der Waals surface area contributed by atoms with Gasteiger partial charge in [0.2, 0.25) is 0 Å². The summed E-state index contributed by atoms with van der Waals surface area (Å²) in [6, 6.07) is 16.1. The lowest BCUT2D eigenvalue weighted by Crippen LogP contribution is -2.32. The van der Waals surface area contributed by atoms with Gasteiger partial charge in [-0.1, -0.05) is 23.7 Å². The van der Waals surface area contributed by atoms with E-state index in [9.17, 15) is 18.4 Å². The summed E-state index contributed by atoms with van der Waals surface area (Å²) >= 11 is 5.87. The van der Waals surface area contributed by atoms with E-state index in [1.54, 1.807) is 12.1 Å². The van der Waals surface area contributed by atoms with Gasteiger partial charge in [0.25, 0.3) is 11.8 Å². The molecule has 0 fully saturated rings. The summed E-state index contributed by atoms with van der Waals surface area (Å²) in [7, 11) is 3.81. The summed E-state index contributed by atoms with van der Waals surface area (Å²) in [6.07, 6.45) is 0. The Morgan fingerprint density at radius 1 is 0.875 bits per heavy atom. The molecule has 1 aliphatic rings. The van der Waals surface area contributed by atoms with E-state index in [0.717, 1.165) is 16.7 Å². The fourth-order valence-electron chi connectivity index (χ4n) is 3.38. The molecule has 0 spiro atoms. The van der Waals surface area contributed by atoms with Crippen LogP contribution in [0.5, 0.6) is 0 Å².